The molecule has 0 saturated heterocycles. The van der Waals surface area contributed by atoms with E-state index in [2.05, 4.69) is 215 Å². The van der Waals surface area contributed by atoms with Crippen molar-refractivity contribution in [3.05, 3.63) is 207 Å². The molecule has 0 aliphatic rings. The molecular weight excluding hydrogens is 1580 g/mol. The summed E-state index contributed by atoms with van der Waals surface area (Å²) in [6.07, 6.45) is 129. The Morgan fingerprint density at radius 2 is 0.415 bits per heavy atom. The molecule has 5 atom stereocenters. The summed E-state index contributed by atoms with van der Waals surface area (Å²) in [5.74, 6) is -1.64. The van der Waals surface area contributed by atoms with Crippen molar-refractivity contribution in [1.29, 1.82) is 0 Å². The first-order valence-corrected chi connectivity index (χ1v) is 51.4. The van der Waals surface area contributed by atoms with Crippen LogP contribution >= 0.6 is 15.6 Å². The van der Waals surface area contributed by atoms with E-state index in [1.54, 1.807) is 0 Å². The van der Waals surface area contributed by atoms with E-state index in [4.69, 9.17) is 32.3 Å². The smallest absolute Gasteiger partial charge is 0.463 e. The Kier molecular flexibility index (Phi) is 90.7. The van der Waals surface area contributed by atoms with Crippen molar-refractivity contribution in [3.8, 4) is 0 Å². The molecule has 0 spiro atoms. The second-order valence-corrected chi connectivity index (χ2v) is 34.6. The number of phosphoric acid groups is 2. The monoisotopic (exact) mass is 1750 g/mol. The van der Waals surface area contributed by atoms with Gasteiger partial charge in [-0.2, -0.15) is 0 Å². The Hall–Kier alpha value is -5.87. The molecular formula is C105H174O16P2. The molecule has 700 valence electrons. The van der Waals surface area contributed by atoms with E-state index in [0.29, 0.717) is 25.7 Å². The summed E-state index contributed by atoms with van der Waals surface area (Å²) < 4.78 is 61.4. The number of rotatable bonds is 90. The van der Waals surface area contributed by atoms with Crippen LogP contribution in [-0.2, 0) is 55.8 Å². The van der Waals surface area contributed by atoms with Crippen LogP contribution in [0.5, 0.6) is 0 Å². The van der Waals surface area contributed by atoms with E-state index in [-0.39, 0.29) is 19.3 Å². The summed E-state index contributed by atoms with van der Waals surface area (Å²) in [7, 11) is -9.83. The van der Waals surface area contributed by atoms with E-state index in [1.165, 1.54) is 161 Å². The lowest BCUT2D eigenvalue weighted by Crippen LogP contribution is -2.30. The van der Waals surface area contributed by atoms with Gasteiger partial charge in [-0.25, -0.2) is 9.13 Å². The Bertz CT molecular complexity index is 3070. The number of carbonyl (C=O) groups excluding carboxylic acids is 3. The van der Waals surface area contributed by atoms with Gasteiger partial charge in [0.2, 0.25) is 0 Å². The fourth-order valence-electron chi connectivity index (χ4n) is 12.8. The zero-order chi connectivity index (χ0) is 89.3. The Balaban J connectivity index is 4.49. The van der Waals surface area contributed by atoms with Crippen molar-refractivity contribution in [1.82, 2.24) is 0 Å². The van der Waals surface area contributed by atoms with Crippen molar-refractivity contribution in [3.63, 3.8) is 0 Å². The van der Waals surface area contributed by atoms with Crippen molar-refractivity contribution < 1.29 is 75.8 Å². The van der Waals surface area contributed by atoms with Gasteiger partial charge in [-0.15, -0.1) is 0 Å². The van der Waals surface area contributed by atoms with Crippen LogP contribution in [0.1, 0.15) is 380 Å². The van der Waals surface area contributed by atoms with Crippen LogP contribution in [0.25, 0.3) is 0 Å². The van der Waals surface area contributed by atoms with Crippen molar-refractivity contribution >= 4 is 33.6 Å². The molecule has 0 heterocycles. The third kappa shape index (κ3) is 96.6. The summed E-state index contributed by atoms with van der Waals surface area (Å²) in [6, 6.07) is 0. The predicted octanol–water partition coefficient (Wildman–Crippen LogP) is 30.3. The Morgan fingerprint density at radius 1 is 0.228 bits per heavy atom. The lowest BCUT2D eigenvalue weighted by atomic mass is 10.0. The largest absolute Gasteiger partial charge is 0.472 e. The quantitative estimate of drug-likeness (QED) is 0.0146. The van der Waals surface area contributed by atoms with Crippen LogP contribution in [-0.4, -0.2) is 95.9 Å². The molecule has 123 heavy (non-hydrogen) atoms. The molecule has 0 fully saturated rings. The van der Waals surface area contributed by atoms with Gasteiger partial charge in [0.25, 0.3) is 0 Å². The van der Waals surface area contributed by atoms with Gasteiger partial charge < -0.3 is 34.2 Å². The standard InChI is InChI=1S/C105H174O16P2/c1-4-7-10-13-16-19-22-25-28-31-33-35-37-39-41-43-45-47-49-51-53-55-57-59-61-63-65-68-70-73-76-79-82-85-88-91-103(108)115-94-100(106)95-117-122(111,112)118-96-101(107)97-119-123(113,114)120-99-102(121-105(110)93-90-87-84-81-78-75-72-67-30-27-24-21-18-15-12-9-6-3)98-116-104(109)92-89-86-83-80-77-74-71-69-66-64-62-60-58-56-54-52-50-48-46-44-42-40-38-36-34-32-29-26-23-20-17-14-11-8-5-2/h7-12,16-21,25-30,33-36,39-42,45-48,72,75,81,84,100-102,106-107H,4-6,13-15,22-24,31-32,37-38,43-44,49-71,73-74,76-80,82-83,85-99H2,1-3H3,(H,111,112)(H,113,114)/b10-7-,11-8-,12-9-,19-16-,20-17-,21-18-,28-25-,29-26-,30-27-,35-33-,36-34-,41-39-,42-40-,47-45-,48-46-,75-72-,84-81-. The normalized spacial score (nSPS) is 14.6. The number of carbonyl (C=O) groups is 3. The molecule has 18 heteroatoms. The van der Waals surface area contributed by atoms with Crippen LogP contribution in [0.2, 0.25) is 0 Å². The number of ether oxygens (including phenoxy) is 3. The Labute approximate surface area is 750 Å². The van der Waals surface area contributed by atoms with Gasteiger partial charge in [0, 0.05) is 19.3 Å². The third-order valence-corrected chi connectivity index (χ3v) is 21.9. The van der Waals surface area contributed by atoms with Crippen LogP contribution in [0.15, 0.2) is 207 Å². The first-order valence-electron chi connectivity index (χ1n) is 48.4. The number of hydrogen-bond donors (Lipinski definition) is 4. The van der Waals surface area contributed by atoms with E-state index < -0.39 is 91.5 Å². The van der Waals surface area contributed by atoms with Gasteiger partial charge in [-0.05, 0) is 161 Å². The molecule has 0 aromatic rings. The molecule has 5 unspecified atom stereocenters. The van der Waals surface area contributed by atoms with Gasteiger partial charge in [0.05, 0.1) is 26.4 Å². The van der Waals surface area contributed by atoms with Crippen LogP contribution in [0.3, 0.4) is 0 Å². The van der Waals surface area contributed by atoms with Gasteiger partial charge >= 0.3 is 33.6 Å². The summed E-state index contributed by atoms with van der Waals surface area (Å²) in [5.41, 5.74) is 0. The van der Waals surface area contributed by atoms with E-state index in [1.807, 2.05) is 12.2 Å². The van der Waals surface area contributed by atoms with Gasteiger partial charge in [0.15, 0.2) is 6.10 Å². The number of allylic oxidation sites excluding steroid dienone is 34. The lowest BCUT2D eigenvalue weighted by Gasteiger charge is -2.21. The number of aliphatic hydroxyl groups excluding tert-OH is 2. The maximum absolute atomic E-state index is 13.0. The molecule has 4 N–H and O–H groups in total. The van der Waals surface area contributed by atoms with Gasteiger partial charge in [0.1, 0.15) is 25.4 Å². The zero-order valence-corrected chi connectivity index (χ0v) is 79.1. The number of esters is 3. The fraction of sp³-hybridized carbons (Fsp3) is 0.648. The SMILES string of the molecule is CC/C=C\C/C=C\C/C=C\C/C=C\C/C=C\C/C=C\CCCCCCCCCCCCCCCCCCC(=O)OCC(O)COP(=O)(O)OCC(O)COP(=O)(O)OCC(COC(=O)CCCCCCCCCCCCCCCCCC/C=C\C/C=C\C/C=C\C/C=C\C/C=C\C/C=C\CC)OC(=O)CCC/C=C\C/C=C\C/C=C\C/C=C\C/C=C\CC. The molecule has 0 rings (SSSR count). The zero-order valence-electron chi connectivity index (χ0n) is 77.3. The molecule has 0 amide bonds. The number of hydrogen-bond acceptors (Lipinski definition) is 14. The maximum atomic E-state index is 13.0. The molecule has 0 aliphatic heterocycles. The predicted molar refractivity (Wildman–Crippen MR) is 518 cm³/mol. The second kappa shape index (κ2) is 95.2. The van der Waals surface area contributed by atoms with E-state index >= 15 is 0 Å². The van der Waals surface area contributed by atoms with Crippen molar-refractivity contribution in [2.75, 3.05) is 39.6 Å². The summed E-state index contributed by atoms with van der Waals surface area (Å²) in [4.78, 5) is 59.0. The fourth-order valence-corrected chi connectivity index (χ4v) is 14.4. The minimum absolute atomic E-state index is 0.0219. The third-order valence-electron chi connectivity index (χ3n) is 20.0. The highest BCUT2D eigenvalue weighted by atomic mass is 31.2. The topological polar surface area (TPSA) is 231 Å². The minimum atomic E-state index is -4.96. The van der Waals surface area contributed by atoms with Crippen LogP contribution < -0.4 is 0 Å². The van der Waals surface area contributed by atoms with Crippen molar-refractivity contribution in [2.45, 2.75) is 399 Å². The van der Waals surface area contributed by atoms with Crippen LogP contribution in [0.4, 0.5) is 0 Å². The lowest BCUT2D eigenvalue weighted by molar-refractivity contribution is -0.161. The molecule has 0 radical (unpaired) electrons. The highest BCUT2D eigenvalue weighted by Crippen LogP contribution is 2.45. The van der Waals surface area contributed by atoms with Crippen molar-refractivity contribution in [2.24, 2.45) is 0 Å². The summed E-state index contributed by atoms with van der Waals surface area (Å²) >= 11 is 0. The van der Waals surface area contributed by atoms with Crippen LogP contribution in [0, 0.1) is 0 Å². The second-order valence-electron chi connectivity index (χ2n) is 31.7. The molecule has 0 aromatic heterocycles. The average Bonchev–Trinajstić information content (AvgIpc) is 0.897. The van der Waals surface area contributed by atoms with Gasteiger partial charge in [-0.1, -0.05) is 407 Å². The molecule has 0 bridgehead atoms. The molecule has 0 aliphatic carbocycles. The van der Waals surface area contributed by atoms with Gasteiger partial charge in [-0.3, -0.25) is 32.5 Å². The first-order chi connectivity index (χ1) is 60.2. The highest BCUT2D eigenvalue weighted by molar-refractivity contribution is 7.47. The maximum Gasteiger partial charge on any atom is 0.472 e. The number of unbranched alkanes of at least 4 members (excludes halogenated alkanes) is 33. The average molecular weight is 1750 g/mol. The Morgan fingerprint density at radius 3 is 0.667 bits per heavy atom. The van der Waals surface area contributed by atoms with E-state index in [9.17, 15) is 43.5 Å². The summed E-state index contributed by atoms with van der Waals surface area (Å²) in [5, 5.41) is 20.7. The number of phosphoric ester groups is 2. The highest BCUT2D eigenvalue weighted by Gasteiger charge is 2.29. The first kappa shape index (κ1) is 117. The summed E-state index contributed by atoms with van der Waals surface area (Å²) in [6.45, 7) is 2.30. The molecule has 16 nitrogen and oxygen atoms in total. The van der Waals surface area contributed by atoms with E-state index in [0.717, 1.165) is 154 Å². The number of aliphatic hydroxyl groups is 2. The minimum Gasteiger partial charge on any atom is -0.463 e. The molecule has 0 saturated carbocycles. The molecule has 0 aromatic carbocycles.